The Morgan fingerprint density at radius 1 is 0.889 bits per heavy atom. The average molecular weight is 356 g/mol. The Hall–Kier alpha value is -3.66. The van der Waals surface area contributed by atoms with Gasteiger partial charge in [0.15, 0.2) is 0 Å². The van der Waals surface area contributed by atoms with Gasteiger partial charge < -0.3 is 10.2 Å². The number of carbonyl (C=O) groups excluding carboxylic acids is 2. The van der Waals surface area contributed by atoms with Gasteiger partial charge in [-0.1, -0.05) is 55.1 Å². The molecule has 0 radical (unpaired) electrons. The molecule has 27 heavy (non-hydrogen) atoms. The van der Waals surface area contributed by atoms with E-state index in [1.807, 2.05) is 72.8 Å². The van der Waals surface area contributed by atoms with Crippen LogP contribution in [0.3, 0.4) is 0 Å². The van der Waals surface area contributed by atoms with E-state index in [0.29, 0.717) is 12.1 Å². The van der Waals surface area contributed by atoms with Crippen LogP contribution in [0.25, 0.3) is 0 Å². The Bertz CT molecular complexity index is 937. The fourth-order valence-electron chi connectivity index (χ4n) is 2.73. The fraction of sp³-hybridized carbons (Fsp3) is 0.0435. The molecule has 0 unspecified atom stereocenters. The van der Waals surface area contributed by atoms with Crippen LogP contribution in [0, 0.1) is 0 Å². The number of hydrogen-bond acceptors (Lipinski definition) is 2. The zero-order valence-corrected chi connectivity index (χ0v) is 14.8. The Morgan fingerprint density at radius 2 is 1.56 bits per heavy atom. The molecule has 0 atom stereocenters. The molecule has 3 aromatic carbocycles. The minimum atomic E-state index is -0.194. The monoisotopic (exact) mass is 356 g/mol. The molecule has 2 amide bonds. The molecule has 0 bridgehead atoms. The van der Waals surface area contributed by atoms with Crippen molar-refractivity contribution in [3.05, 3.63) is 109 Å². The van der Waals surface area contributed by atoms with Gasteiger partial charge in [-0.05, 0) is 48.0 Å². The van der Waals surface area contributed by atoms with Gasteiger partial charge in [-0.25, -0.2) is 0 Å². The summed E-state index contributed by atoms with van der Waals surface area (Å²) in [7, 11) is 0. The topological polar surface area (TPSA) is 49.4 Å². The van der Waals surface area contributed by atoms with Crippen LogP contribution < -0.4 is 10.2 Å². The summed E-state index contributed by atoms with van der Waals surface area (Å²) in [6.07, 6.45) is 1.29. The molecule has 0 aliphatic heterocycles. The molecule has 0 fully saturated rings. The van der Waals surface area contributed by atoms with Crippen molar-refractivity contribution in [3.8, 4) is 0 Å². The number of hydrogen-bond donors (Lipinski definition) is 1. The number of carbonyl (C=O) groups is 2. The largest absolute Gasteiger partial charge is 0.322 e. The highest BCUT2D eigenvalue weighted by Crippen LogP contribution is 2.18. The van der Waals surface area contributed by atoms with Gasteiger partial charge in [0.1, 0.15) is 0 Å². The predicted octanol–water partition coefficient (Wildman–Crippen LogP) is 4.66. The molecule has 3 aromatic rings. The van der Waals surface area contributed by atoms with E-state index in [9.17, 15) is 9.59 Å². The van der Waals surface area contributed by atoms with Crippen LogP contribution in [0.1, 0.15) is 15.9 Å². The third-order valence-corrected chi connectivity index (χ3v) is 4.07. The van der Waals surface area contributed by atoms with E-state index in [1.165, 1.54) is 6.08 Å². The molecule has 0 saturated carbocycles. The highest BCUT2D eigenvalue weighted by Gasteiger charge is 2.14. The second kappa shape index (κ2) is 8.63. The van der Waals surface area contributed by atoms with Crippen molar-refractivity contribution in [3.63, 3.8) is 0 Å². The molecule has 4 nitrogen and oxygen atoms in total. The summed E-state index contributed by atoms with van der Waals surface area (Å²) in [5.41, 5.74) is 2.91. The lowest BCUT2D eigenvalue weighted by Crippen LogP contribution is -2.28. The summed E-state index contributed by atoms with van der Waals surface area (Å²) in [4.78, 5) is 26.4. The van der Waals surface area contributed by atoms with E-state index in [0.717, 1.165) is 16.9 Å². The Morgan fingerprint density at radius 3 is 2.22 bits per heavy atom. The molecular weight excluding hydrogens is 336 g/mol. The Labute approximate surface area is 158 Å². The van der Waals surface area contributed by atoms with Crippen molar-refractivity contribution in [1.82, 2.24) is 0 Å². The summed E-state index contributed by atoms with van der Waals surface area (Å²) >= 11 is 0. The molecule has 0 aliphatic rings. The normalized spacial score (nSPS) is 10.1. The lowest BCUT2D eigenvalue weighted by molar-refractivity contribution is -0.114. The number of para-hydroxylation sites is 2. The molecule has 0 heterocycles. The third-order valence-electron chi connectivity index (χ3n) is 4.07. The molecule has 0 aromatic heterocycles. The number of anilines is 2. The molecular formula is C23H20N2O2. The summed E-state index contributed by atoms with van der Waals surface area (Å²) in [6.45, 7) is 3.93. The van der Waals surface area contributed by atoms with E-state index in [1.54, 1.807) is 17.0 Å². The first-order valence-corrected chi connectivity index (χ1v) is 8.61. The van der Waals surface area contributed by atoms with Gasteiger partial charge >= 0.3 is 0 Å². The SMILES string of the molecule is C=CC(=O)N(Cc1cccc(C(=O)Nc2ccccc2)c1)c1ccccc1. The first-order chi connectivity index (χ1) is 13.2. The summed E-state index contributed by atoms with van der Waals surface area (Å²) in [5.74, 6) is -0.385. The smallest absolute Gasteiger partial charge is 0.255 e. The average Bonchev–Trinajstić information content (AvgIpc) is 2.73. The quantitative estimate of drug-likeness (QED) is 0.653. The molecule has 3 rings (SSSR count). The van der Waals surface area contributed by atoms with Gasteiger partial charge in [0.25, 0.3) is 11.8 Å². The van der Waals surface area contributed by atoms with Crippen LogP contribution in [0.2, 0.25) is 0 Å². The van der Waals surface area contributed by atoms with Crippen LogP contribution in [0.5, 0.6) is 0 Å². The zero-order chi connectivity index (χ0) is 19.1. The van der Waals surface area contributed by atoms with Crippen molar-refractivity contribution < 1.29 is 9.59 Å². The lowest BCUT2D eigenvalue weighted by atomic mass is 10.1. The van der Waals surface area contributed by atoms with Crippen LogP contribution >= 0.6 is 0 Å². The van der Waals surface area contributed by atoms with E-state index in [-0.39, 0.29) is 11.8 Å². The van der Waals surface area contributed by atoms with E-state index in [4.69, 9.17) is 0 Å². The number of benzene rings is 3. The van der Waals surface area contributed by atoms with E-state index in [2.05, 4.69) is 11.9 Å². The molecule has 0 aliphatic carbocycles. The molecule has 4 heteroatoms. The third kappa shape index (κ3) is 4.70. The maximum atomic E-state index is 12.5. The van der Waals surface area contributed by atoms with Crippen molar-refractivity contribution in [2.45, 2.75) is 6.54 Å². The van der Waals surface area contributed by atoms with Crippen molar-refractivity contribution in [1.29, 1.82) is 0 Å². The number of amides is 2. The second-order valence-corrected chi connectivity index (χ2v) is 5.98. The highest BCUT2D eigenvalue weighted by atomic mass is 16.2. The Kier molecular flexibility index (Phi) is 5.80. The van der Waals surface area contributed by atoms with Crippen molar-refractivity contribution >= 4 is 23.2 Å². The highest BCUT2D eigenvalue weighted by molar-refractivity contribution is 6.04. The number of nitrogens with zero attached hydrogens (tertiary/aromatic N) is 1. The van der Waals surface area contributed by atoms with Crippen LogP contribution in [-0.4, -0.2) is 11.8 Å². The van der Waals surface area contributed by atoms with E-state index < -0.39 is 0 Å². The molecule has 134 valence electrons. The van der Waals surface area contributed by atoms with Gasteiger partial charge in [0.05, 0.1) is 6.54 Å². The number of rotatable bonds is 6. The summed E-state index contributed by atoms with van der Waals surface area (Å²) < 4.78 is 0. The predicted molar refractivity (Wildman–Crippen MR) is 109 cm³/mol. The minimum absolute atomic E-state index is 0.190. The second-order valence-electron chi connectivity index (χ2n) is 5.98. The van der Waals surface area contributed by atoms with Crippen LogP contribution in [0.15, 0.2) is 97.6 Å². The molecule has 1 N–H and O–H groups in total. The van der Waals surface area contributed by atoms with Crippen LogP contribution in [-0.2, 0) is 11.3 Å². The maximum absolute atomic E-state index is 12.5. The zero-order valence-electron chi connectivity index (χ0n) is 14.8. The minimum Gasteiger partial charge on any atom is -0.322 e. The van der Waals surface area contributed by atoms with Crippen LogP contribution in [0.4, 0.5) is 11.4 Å². The van der Waals surface area contributed by atoms with Gasteiger partial charge in [0, 0.05) is 16.9 Å². The first kappa shape index (κ1) is 18.1. The van der Waals surface area contributed by atoms with E-state index >= 15 is 0 Å². The molecule has 0 spiro atoms. The number of nitrogens with one attached hydrogen (secondary N) is 1. The van der Waals surface area contributed by atoms with Gasteiger partial charge in [-0.2, -0.15) is 0 Å². The fourth-order valence-corrected chi connectivity index (χ4v) is 2.73. The van der Waals surface area contributed by atoms with Gasteiger partial charge in [0.2, 0.25) is 0 Å². The first-order valence-electron chi connectivity index (χ1n) is 8.61. The summed E-state index contributed by atoms with van der Waals surface area (Å²) in [5, 5.41) is 2.87. The van der Waals surface area contributed by atoms with Gasteiger partial charge in [-0.15, -0.1) is 0 Å². The lowest BCUT2D eigenvalue weighted by Gasteiger charge is -2.21. The van der Waals surface area contributed by atoms with Crippen molar-refractivity contribution in [2.24, 2.45) is 0 Å². The molecule has 0 saturated heterocycles. The maximum Gasteiger partial charge on any atom is 0.255 e. The summed E-state index contributed by atoms with van der Waals surface area (Å²) in [6, 6.07) is 25.9. The Balaban J connectivity index is 1.80. The van der Waals surface area contributed by atoms with Crippen molar-refractivity contribution in [2.75, 3.05) is 10.2 Å². The van der Waals surface area contributed by atoms with Gasteiger partial charge in [-0.3, -0.25) is 9.59 Å². The standard InChI is InChI=1S/C23H20N2O2/c1-2-22(26)25(21-14-7-4-8-15-21)17-18-10-9-11-19(16-18)23(27)24-20-12-5-3-6-13-20/h2-16H,1,17H2,(H,24,27).